The van der Waals surface area contributed by atoms with Gasteiger partial charge < -0.3 is 5.32 Å². The zero-order valence-electron chi connectivity index (χ0n) is 21.0. The van der Waals surface area contributed by atoms with E-state index >= 15 is 0 Å². The molecule has 35 heavy (non-hydrogen) atoms. The first-order chi connectivity index (χ1) is 17.1. The molecule has 1 N–H and O–H groups in total. The fourth-order valence-corrected chi connectivity index (χ4v) is 4.69. The van der Waals surface area contributed by atoms with Gasteiger partial charge in [0.2, 0.25) is 0 Å². The number of aryl methyl sites for hydroxylation is 1. The first-order valence-electron chi connectivity index (χ1n) is 13.4. The van der Waals surface area contributed by atoms with Crippen LogP contribution in [0.25, 0.3) is 0 Å². The zero-order valence-corrected chi connectivity index (χ0v) is 21.0. The highest BCUT2D eigenvalue weighted by atomic mass is 19.1. The Balaban J connectivity index is 1.51. The van der Waals surface area contributed by atoms with Crippen LogP contribution in [0, 0.1) is 11.6 Å². The lowest BCUT2D eigenvalue weighted by Gasteiger charge is -2.31. The fourth-order valence-electron chi connectivity index (χ4n) is 4.69. The number of nitrogens with one attached hydrogen (secondary N) is 1. The number of urea groups is 1. The third kappa shape index (κ3) is 8.85. The number of aromatic nitrogens is 4. The van der Waals surface area contributed by atoms with Crippen molar-refractivity contribution < 1.29 is 13.6 Å². The number of carbonyl (C=O) groups is 1. The minimum Gasteiger partial charge on any atom is -0.305 e. The Hall–Kier alpha value is -2.58. The van der Waals surface area contributed by atoms with E-state index in [0.29, 0.717) is 6.54 Å². The van der Waals surface area contributed by atoms with E-state index in [0.717, 1.165) is 57.1 Å². The van der Waals surface area contributed by atoms with Gasteiger partial charge in [-0.3, -0.25) is 4.90 Å². The standard InChI is InChI=1S/C26H40F2N6O/c1-2-3-4-5-6-7-8-9-10-14-19-33-31-25(30-32-33)34(22-15-12-11-13-16-22)26(35)29-24-18-17-21(27)20-23(24)28/h17-18,20,22H,2-16,19H2,1H3,(H,29,35). The van der Waals surface area contributed by atoms with Gasteiger partial charge in [0.25, 0.3) is 5.95 Å². The third-order valence-corrected chi connectivity index (χ3v) is 6.70. The van der Waals surface area contributed by atoms with Gasteiger partial charge in [-0.25, -0.2) is 13.6 Å². The van der Waals surface area contributed by atoms with E-state index in [1.807, 2.05) is 0 Å². The maximum atomic E-state index is 14.1. The highest BCUT2D eigenvalue weighted by Gasteiger charge is 2.30. The van der Waals surface area contributed by atoms with Crippen molar-refractivity contribution in [1.29, 1.82) is 0 Å². The van der Waals surface area contributed by atoms with Gasteiger partial charge in [-0.2, -0.15) is 4.80 Å². The molecule has 1 saturated carbocycles. The summed E-state index contributed by atoms with van der Waals surface area (Å²) in [7, 11) is 0. The molecular formula is C26H40F2N6O. The molecule has 0 saturated heterocycles. The number of benzene rings is 1. The zero-order chi connectivity index (χ0) is 24.9. The summed E-state index contributed by atoms with van der Waals surface area (Å²) in [5, 5.41) is 15.3. The van der Waals surface area contributed by atoms with Gasteiger partial charge in [0.05, 0.1) is 12.2 Å². The molecule has 1 fully saturated rings. The maximum absolute atomic E-state index is 14.1. The van der Waals surface area contributed by atoms with E-state index in [1.54, 1.807) is 4.80 Å². The topological polar surface area (TPSA) is 75.9 Å². The summed E-state index contributed by atoms with van der Waals surface area (Å²) in [6.07, 6.45) is 17.3. The Bertz CT molecular complexity index is 900. The number of anilines is 2. The first kappa shape index (κ1) is 27.0. The van der Waals surface area contributed by atoms with E-state index in [2.05, 4.69) is 27.7 Å². The quantitative estimate of drug-likeness (QED) is 0.283. The molecule has 0 bridgehead atoms. The van der Waals surface area contributed by atoms with E-state index in [4.69, 9.17) is 0 Å². The number of hydrogen-bond donors (Lipinski definition) is 1. The van der Waals surface area contributed by atoms with E-state index in [-0.39, 0.29) is 17.7 Å². The van der Waals surface area contributed by atoms with Crippen molar-refractivity contribution in [2.45, 2.75) is 116 Å². The Kier molecular flexibility index (Phi) is 11.4. The van der Waals surface area contributed by atoms with Crippen LogP contribution < -0.4 is 10.2 Å². The molecule has 9 heteroatoms. The van der Waals surface area contributed by atoms with Crippen LogP contribution in [0.1, 0.15) is 103 Å². The van der Waals surface area contributed by atoms with Crippen LogP contribution in [-0.2, 0) is 6.54 Å². The number of hydrogen-bond acceptors (Lipinski definition) is 4. The van der Waals surface area contributed by atoms with Gasteiger partial charge >= 0.3 is 6.03 Å². The molecule has 0 spiro atoms. The molecule has 194 valence electrons. The number of halogens is 2. The van der Waals surface area contributed by atoms with Crippen LogP contribution in [0.15, 0.2) is 18.2 Å². The molecule has 7 nitrogen and oxygen atoms in total. The van der Waals surface area contributed by atoms with E-state index in [9.17, 15) is 13.6 Å². The Morgan fingerprint density at radius 3 is 2.31 bits per heavy atom. The lowest BCUT2D eigenvalue weighted by Crippen LogP contribution is -2.45. The van der Waals surface area contributed by atoms with Gasteiger partial charge in [-0.05, 0) is 36.6 Å². The first-order valence-corrected chi connectivity index (χ1v) is 13.4. The second-order valence-corrected chi connectivity index (χ2v) is 9.58. The number of amides is 2. The van der Waals surface area contributed by atoms with Crippen LogP contribution in [0.4, 0.5) is 25.2 Å². The second-order valence-electron chi connectivity index (χ2n) is 9.58. The molecule has 3 rings (SSSR count). The van der Waals surface area contributed by atoms with E-state index in [1.165, 1.54) is 62.3 Å². The third-order valence-electron chi connectivity index (χ3n) is 6.70. The summed E-state index contributed by atoms with van der Waals surface area (Å²) in [5.41, 5.74) is -0.0741. The molecule has 1 heterocycles. The molecule has 2 aromatic rings. The average molecular weight is 491 g/mol. The molecule has 1 aromatic heterocycles. The number of carbonyl (C=O) groups excluding carboxylic acids is 1. The largest absolute Gasteiger partial charge is 0.329 e. The van der Waals surface area contributed by atoms with Crippen LogP contribution in [0.3, 0.4) is 0 Å². The highest BCUT2D eigenvalue weighted by molar-refractivity contribution is 6.01. The Labute approximate surface area is 207 Å². The summed E-state index contributed by atoms with van der Waals surface area (Å²) < 4.78 is 27.4. The van der Waals surface area contributed by atoms with Crippen molar-refractivity contribution in [2.24, 2.45) is 0 Å². The molecule has 1 aliphatic carbocycles. The molecule has 0 atom stereocenters. The van der Waals surface area contributed by atoms with Crippen molar-refractivity contribution in [3.05, 3.63) is 29.8 Å². The Morgan fingerprint density at radius 1 is 1.00 bits per heavy atom. The summed E-state index contributed by atoms with van der Waals surface area (Å²) >= 11 is 0. The number of tetrazole rings is 1. The summed E-state index contributed by atoms with van der Waals surface area (Å²) in [5.74, 6) is -1.29. The van der Waals surface area contributed by atoms with Crippen molar-refractivity contribution in [2.75, 3.05) is 10.2 Å². The van der Waals surface area contributed by atoms with Crippen molar-refractivity contribution in [3.63, 3.8) is 0 Å². The molecule has 0 unspecified atom stereocenters. The molecular weight excluding hydrogens is 450 g/mol. The summed E-state index contributed by atoms with van der Waals surface area (Å²) in [4.78, 5) is 16.2. The molecule has 2 amide bonds. The van der Waals surface area contributed by atoms with Gasteiger partial charge in [0.15, 0.2) is 0 Å². The maximum Gasteiger partial charge on any atom is 0.329 e. The fraction of sp³-hybridized carbons (Fsp3) is 0.692. The van der Waals surface area contributed by atoms with Crippen molar-refractivity contribution in [3.8, 4) is 0 Å². The van der Waals surface area contributed by atoms with Crippen molar-refractivity contribution >= 4 is 17.7 Å². The van der Waals surface area contributed by atoms with Gasteiger partial charge in [0.1, 0.15) is 11.6 Å². The van der Waals surface area contributed by atoms with Gasteiger partial charge in [-0.15, -0.1) is 5.10 Å². The average Bonchev–Trinajstić information content (AvgIpc) is 3.31. The molecule has 0 aliphatic heterocycles. The molecule has 1 aliphatic rings. The monoisotopic (exact) mass is 490 g/mol. The number of rotatable bonds is 14. The number of unbranched alkanes of at least 4 members (excludes halogenated alkanes) is 9. The smallest absolute Gasteiger partial charge is 0.305 e. The van der Waals surface area contributed by atoms with Gasteiger partial charge in [0, 0.05) is 12.1 Å². The van der Waals surface area contributed by atoms with Crippen LogP contribution in [0.2, 0.25) is 0 Å². The number of nitrogens with zero attached hydrogens (tertiary/aromatic N) is 5. The normalized spacial score (nSPS) is 14.3. The van der Waals surface area contributed by atoms with Crippen LogP contribution >= 0.6 is 0 Å². The lowest BCUT2D eigenvalue weighted by molar-refractivity contribution is 0.251. The SMILES string of the molecule is CCCCCCCCCCCCn1nnc(N(C(=O)Nc2ccc(F)cc2F)C2CCCCC2)n1. The predicted octanol–water partition coefficient (Wildman–Crippen LogP) is 7.24. The van der Waals surface area contributed by atoms with Crippen molar-refractivity contribution in [1.82, 2.24) is 20.2 Å². The second kappa shape index (κ2) is 14.7. The minimum atomic E-state index is -0.820. The molecule has 1 aromatic carbocycles. The van der Waals surface area contributed by atoms with Crippen LogP contribution in [0.5, 0.6) is 0 Å². The van der Waals surface area contributed by atoms with Gasteiger partial charge in [-0.1, -0.05) is 89.1 Å². The summed E-state index contributed by atoms with van der Waals surface area (Å²) in [6.45, 7) is 2.89. The predicted molar refractivity (Wildman–Crippen MR) is 134 cm³/mol. The summed E-state index contributed by atoms with van der Waals surface area (Å²) in [6, 6.07) is 2.48. The van der Waals surface area contributed by atoms with Crippen LogP contribution in [-0.4, -0.2) is 32.3 Å². The highest BCUT2D eigenvalue weighted by Crippen LogP contribution is 2.26. The minimum absolute atomic E-state index is 0.0741. The Morgan fingerprint density at radius 2 is 1.66 bits per heavy atom. The lowest BCUT2D eigenvalue weighted by atomic mass is 9.94. The molecule has 0 radical (unpaired) electrons. The van der Waals surface area contributed by atoms with E-state index < -0.39 is 17.7 Å².